The molecule has 1 aromatic heterocycles. The predicted octanol–water partition coefficient (Wildman–Crippen LogP) is 3.64. The number of halogens is 1. The van der Waals surface area contributed by atoms with Crippen molar-refractivity contribution >= 4 is 15.9 Å². The smallest absolute Gasteiger partial charge is 0.123 e. The van der Waals surface area contributed by atoms with Gasteiger partial charge in [0.1, 0.15) is 5.82 Å². The zero-order chi connectivity index (χ0) is 12.3. The molecule has 0 aliphatic heterocycles. The van der Waals surface area contributed by atoms with E-state index in [0.717, 1.165) is 34.4 Å². The van der Waals surface area contributed by atoms with Gasteiger partial charge in [0.15, 0.2) is 0 Å². The number of nitrogens with zero attached hydrogens (tertiary/aromatic N) is 1. The monoisotopic (exact) mass is 293 g/mol. The number of hydrogen-bond donors (Lipinski definition) is 2. The highest BCUT2D eigenvalue weighted by Crippen LogP contribution is 2.27. The molecule has 0 radical (unpaired) electrons. The van der Waals surface area contributed by atoms with E-state index in [9.17, 15) is 0 Å². The largest absolute Gasteiger partial charge is 0.341 e. The van der Waals surface area contributed by atoms with Gasteiger partial charge in [-0.15, -0.1) is 0 Å². The Kier molecular flexibility index (Phi) is 3.97. The molecule has 2 aromatic rings. The van der Waals surface area contributed by atoms with Crippen LogP contribution in [0, 0.1) is 0 Å². The summed E-state index contributed by atoms with van der Waals surface area (Å²) < 4.78 is 1.05. The molecule has 3 N–H and O–H groups in total. The fourth-order valence-electron chi connectivity index (χ4n) is 1.79. The van der Waals surface area contributed by atoms with E-state index in [-0.39, 0.29) is 6.04 Å². The summed E-state index contributed by atoms with van der Waals surface area (Å²) in [5.41, 5.74) is 8.14. The van der Waals surface area contributed by atoms with Crippen LogP contribution in [0.1, 0.15) is 31.6 Å². The van der Waals surface area contributed by atoms with E-state index in [1.165, 1.54) is 0 Å². The van der Waals surface area contributed by atoms with Crippen LogP contribution < -0.4 is 5.73 Å². The molecule has 17 heavy (non-hydrogen) atoms. The Morgan fingerprint density at radius 2 is 2.18 bits per heavy atom. The van der Waals surface area contributed by atoms with Crippen molar-refractivity contribution in [2.24, 2.45) is 5.73 Å². The van der Waals surface area contributed by atoms with Crippen LogP contribution in [0.2, 0.25) is 0 Å². The molecule has 2 rings (SSSR count). The zero-order valence-electron chi connectivity index (χ0n) is 9.78. The van der Waals surface area contributed by atoms with Crippen LogP contribution in [-0.2, 0) is 0 Å². The van der Waals surface area contributed by atoms with E-state index in [1.807, 2.05) is 30.5 Å². The molecule has 3 nitrogen and oxygen atoms in total. The van der Waals surface area contributed by atoms with Gasteiger partial charge >= 0.3 is 0 Å². The van der Waals surface area contributed by atoms with Crippen molar-refractivity contribution in [3.63, 3.8) is 0 Å². The van der Waals surface area contributed by atoms with Gasteiger partial charge < -0.3 is 10.7 Å². The molecule has 0 saturated heterocycles. The third-order valence-electron chi connectivity index (χ3n) is 2.71. The molecule has 1 aromatic carbocycles. The van der Waals surface area contributed by atoms with Crippen LogP contribution in [0.15, 0.2) is 34.9 Å². The molecule has 0 saturated carbocycles. The van der Waals surface area contributed by atoms with Crippen molar-refractivity contribution in [3.8, 4) is 11.3 Å². The molecule has 1 heterocycles. The molecule has 0 bridgehead atoms. The van der Waals surface area contributed by atoms with Crippen molar-refractivity contribution in [1.29, 1.82) is 0 Å². The minimum absolute atomic E-state index is 0.00348. The Morgan fingerprint density at radius 3 is 2.88 bits per heavy atom. The summed E-state index contributed by atoms with van der Waals surface area (Å²) in [5.74, 6) is 0.859. The summed E-state index contributed by atoms with van der Waals surface area (Å²) >= 11 is 3.53. The SMILES string of the molecule is CCCC(N)c1ncc(-c2ccccc2Br)[nH]1. The summed E-state index contributed by atoms with van der Waals surface area (Å²) in [7, 11) is 0. The minimum Gasteiger partial charge on any atom is -0.341 e. The van der Waals surface area contributed by atoms with Gasteiger partial charge in [0.25, 0.3) is 0 Å². The van der Waals surface area contributed by atoms with Crippen molar-refractivity contribution < 1.29 is 0 Å². The molecular weight excluding hydrogens is 278 g/mol. The van der Waals surface area contributed by atoms with Crippen molar-refractivity contribution in [1.82, 2.24) is 9.97 Å². The maximum Gasteiger partial charge on any atom is 0.123 e. The van der Waals surface area contributed by atoms with Crippen LogP contribution in [0.4, 0.5) is 0 Å². The number of hydrogen-bond acceptors (Lipinski definition) is 2. The normalized spacial score (nSPS) is 12.6. The van der Waals surface area contributed by atoms with Crippen LogP contribution >= 0.6 is 15.9 Å². The van der Waals surface area contributed by atoms with Gasteiger partial charge in [0.2, 0.25) is 0 Å². The first-order valence-electron chi connectivity index (χ1n) is 5.77. The number of benzene rings is 1. The standard InChI is InChI=1S/C13H16BrN3/c1-2-5-11(15)13-16-8-12(17-13)9-6-3-4-7-10(9)14/h3-4,6-8,11H,2,5,15H2,1H3,(H,16,17). The Bertz CT molecular complexity index is 493. The number of H-pyrrole nitrogens is 1. The van der Waals surface area contributed by atoms with Gasteiger partial charge in [-0.05, 0) is 12.5 Å². The number of nitrogens with two attached hydrogens (primary N) is 1. The summed E-state index contributed by atoms with van der Waals surface area (Å²) in [4.78, 5) is 7.64. The molecule has 90 valence electrons. The summed E-state index contributed by atoms with van der Waals surface area (Å²) in [6, 6.07) is 8.06. The molecule has 1 unspecified atom stereocenters. The Labute approximate surface area is 110 Å². The second-order valence-electron chi connectivity index (χ2n) is 4.06. The van der Waals surface area contributed by atoms with Crippen molar-refractivity contribution in [2.45, 2.75) is 25.8 Å². The van der Waals surface area contributed by atoms with Crippen LogP contribution in [0.5, 0.6) is 0 Å². The maximum atomic E-state index is 6.03. The molecule has 0 aliphatic carbocycles. The van der Waals surface area contributed by atoms with E-state index in [2.05, 4.69) is 32.8 Å². The predicted molar refractivity (Wildman–Crippen MR) is 73.6 cm³/mol. The van der Waals surface area contributed by atoms with E-state index < -0.39 is 0 Å². The fourth-order valence-corrected chi connectivity index (χ4v) is 2.29. The average molecular weight is 294 g/mol. The van der Waals surface area contributed by atoms with Gasteiger partial charge in [0, 0.05) is 10.0 Å². The van der Waals surface area contributed by atoms with E-state index in [4.69, 9.17) is 5.73 Å². The third kappa shape index (κ3) is 2.76. The van der Waals surface area contributed by atoms with Crippen LogP contribution in [0.25, 0.3) is 11.3 Å². The lowest BCUT2D eigenvalue weighted by Crippen LogP contribution is -2.11. The van der Waals surface area contributed by atoms with Gasteiger partial charge in [-0.3, -0.25) is 0 Å². The van der Waals surface area contributed by atoms with Gasteiger partial charge in [-0.2, -0.15) is 0 Å². The molecule has 4 heteroatoms. The van der Waals surface area contributed by atoms with E-state index in [1.54, 1.807) is 0 Å². The van der Waals surface area contributed by atoms with E-state index >= 15 is 0 Å². The molecule has 0 amide bonds. The molecule has 0 spiro atoms. The molecule has 1 atom stereocenters. The Morgan fingerprint density at radius 1 is 1.41 bits per heavy atom. The number of nitrogens with one attached hydrogen (secondary N) is 1. The molecular formula is C13H16BrN3. The lowest BCUT2D eigenvalue weighted by molar-refractivity contribution is 0.609. The van der Waals surface area contributed by atoms with Gasteiger partial charge in [0.05, 0.1) is 17.9 Å². The van der Waals surface area contributed by atoms with Crippen molar-refractivity contribution in [3.05, 3.63) is 40.8 Å². The zero-order valence-corrected chi connectivity index (χ0v) is 11.4. The summed E-state index contributed by atoms with van der Waals surface area (Å²) in [6.07, 6.45) is 3.85. The lowest BCUT2D eigenvalue weighted by Gasteiger charge is -2.06. The first kappa shape index (κ1) is 12.3. The lowest BCUT2D eigenvalue weighted by atomic mass is 10.1. The number of aromatic amines is 1. The Balaban J connectivity index is 2.27. The quantitative estimate of drug-likeness (QED) is 0.904. The number of aromatic nitrogens is 2. The summed E-state index contributed by atoms with van der Waals surface area (Å²) in [6.45, 7) is 2.12. The highest BCUT2D eigenvalue weighted by Gasteiger charge is 2.11. The van der Waals surface area contributed by atoms with Crippen LogP contribution in [0.3, 0.4) is 0 Å². The first-order chi connectivity index (χ1) is 8.22. The molecule has 0 aliphatic rings. The second-order valence-corrected chi connectivity index (χ2v) is 4.91. The van der Waals surface area contributed by atoms with Gasteiger partial charge in [-0.1, -0.05) is 47.5 Å². The fraction of sp³-hybridized carbons (Fsp3) is 0.308. The number of rotatable bonds is 4. The van der Waals surface area contributed by atoms with E-state index in [0.29, 0.717) is 0 Å². The first-order valence-corrected chi connectivity index (χ1v) is 6.57. The highest BCUT2D eigenvalue weighted by atomic mass is 79.9. The topological polar surface area (TPSA) is 54.7 Å². The third-order valence-corrected chi connectivity index (χ3v) is 3.40. The Hall–Kier alpha value is -1.13. The number of imidazole rings is 1. The van der Waals surface area contributed by atoms with Crippen LogP contribution in [-0.4, -0.2) is 9.97 Å². The maximum absolute atomic E-state index is 6.03. The minimum atomic E-state index is -0.00348. The van der Waals surface area contributed by atoms with Gasteiger partial charge in [-0.25, -0.2) is 4.98 Å². The summed E-state index contributed by atoms with van der Waals surface area (Å²) in [5, 5.41) is 0. The van der Waals surface area contributed by atoms with Crippen molar-refractivity contribution in [2.75, 3.05) is 0 Å². The second kappa shape index (κ2) is 5.47. The molecule has 0 fully saturated rings. The highest BCUT2D eigenvalue weighted by molar-refractivity contribution is 9.10. The average Bonchev–Trinajstić information content (AvgIpc) is 2.79.